The first-order valence-electron chi connectivity index (χ1n) is 10.6. The van der Waals surface area contributed by atoms with E-state index in [1.54, 1.807) is 12.3 Å². The highest BCUT2D eigenvalue weighted by molar-refractivity contribution is 6.13. The molecule has 0 fully saturated rings. The molecule has 0 spiro atoms. The molecule has 4 heteroatoms. The minimum Gasteiger partial charge on any atom is -0.256 e. The van der Waals surface area contributed by atoms with Crippen LogP contribution in [-0.2, 0) is 6.18 Å². The maximum absolute atomic E-state index is 13.3. The van der Waals surface area contributed by atoms with Gasteiger partial charge in [0.05, 0.1) is 11.3 Å². The van der Waals surface area contributed by atoms with Crippen LogP contribution in [0.25, 0.3) is 0 Å². The fourth-order valence-corrected chi connectivity index (χ4v) is 3.69. The van der Waals surface area contributed by atoms with E-state index in [2.05, 4.69) is 0 Å². The van der Waals surface area contributed by atoms with Gasteiger partial charge in [0.15, 0.2) is 0 Å². The lowest BCUT2D eigenvalue weighted by molar-refractivity contribution is -0.137. The standard InChI is InChI=1S/C29H22F3N/c30-29(31,32)26-18-10-17-25(21-26)27(22-11-4-1-5-12-22)19-20-33-28(23-13-6-2-7-14-23)24-15-8-3-9-16-24/h1-21,27H/b20-19+. The van der Waals surface area contributed by atoms with E-state index in [4.69, 9.17) is 4.99 Å². The summed E-state index contributed by atoms with van der Waals surface area (Å²) < 4.78 is 40.0. The molecule has 0 bridgehead atoms. The molecule has 0 amide bonds. The van der Waals surface area contributed by atoms with E-state index >= 15 is 0 Å². The van der Waals surface area contributed by atoms with E-state index in [1.165, 1.54) is 12.1 Å². The monoisotopic (exact) mass is 441 g/mol. The summed E-state index contributed by atoms with van der Waals surface area (Å²) in [5.74, 6) is -0.370. The van der Waals surface area contributed by atoms with Crippen molar-refractivity contribution in [2.75, 3.05) is 0 Å². The molecule has 0 aliphatic carbocycles. The van der Waals surface area contributed by atoms with E-state index in [9.17, 15) is 13.2 Å². The smallest absolute Gasteiger partial charge is 0.256 e. The summed E-state index contributed by atoms with van der Waals surface area (Å²) in [5, 5.41) is 0. The van der Waals surface area contributed by atoms with Crippen molar-refractivity contribution in [3.8, 4) is 0 Å². The zero-order valence-electron chi connectivity index (χ0n) is 17.8. The number of halogens is 3. The Labute approximate surface area is 191 Å². The number of alkyl halides is 3. The molecule has 0 N–H and O–H groups in total. The summed E-state index contributed by atoms with van der Waals surface area (Å²) >= 11 is 0. The van der Waals surface area contributed by atoms with Gasteiger partial charge in [-0.15, -0.1) is 0 Å². The third kappa shape index (κ3) is 5.66. The van der Waals surface area contributed by atoms with E-state index in [1.807, 2.05) is 97.1 Å². The second-order valence-corrected chi connectivity index (χ2v) is 7.56. The van der Waals surface area contributed by atoms with Gasteiger partial charge in [-0.3, -0.25) is 4.99 Å². The van der Waals surface area contributed by atoms with Crippen molar-refractivity contribution in [2.45, 2.75) is 12.1 Å². The van der Waals surface area contributed by atoms with Gasteiger partial charge in [0.1, 0.15) is 0 Å². The summed E-state index contributed by atoms with van der Waals surface area (Å²) in [6.07, 6.45) is -0.864. The van der Waals surface area contributed by atoms with Crippen LogP contribution in [-0.4, -0.2) is 5.71 Å². The van der Waals surface area contributed by atoms with Crippen molar-refractivity contribution in [1.82, 2.24) is 0 Å². The van der Waals surface area contributed by atoms with E-state index in [-0.39, 0.29) is 5.92 Å². The Bertz CT molecular complexity index is 1190. The molecule has 0 heterocycles. The van der Waals surface area contributed by atoms with Crippen LogP contribution in [0.15, 0.2) is 133 Å². The molecule has 0 saturated carbocycles. The van der Waals surface area contributed by atoms with Gasteiger partial charge in [-0.2, -0.15) is 13.2 Å². The van der Waals surface area contributed by atoms with Crippen LogP contribution in [0.3, 0.4) is 0 Å². The quantitative estimate of drug-likeness (QED) is 0.270. The van der Waals surface area contributed by atoms with Crippen LogP contribution in [0.5, 0.6) is 0 Å². The summed E-state index contributed by atoms with van der Waals surface area (Å²) in [6.45, 7) is 0. The average Bonchev–Trinajstić information content (AvgIpc) is 2.85. The van der Waals surface area contributed by atoms with Crippen molar-refractivity contribution < 1.29 is 13.2 Å². The maximum atomic E-state index is 13.3. The number of benzene rings is 4. The van der Waals surface area contributed by atoms with Crippen molar-refractivity contribution in [1.29, 1.82) is 0 Å². The predicted octanol–water partition coefficient (Wildman–Crippen LogP) is 7.89. The maximum Gasteiger partial charge on any atom is 0.416 e. The molecule has 33 heavy (non-hydrogen) atoms. The van der Waals surface area contributed by atoms with Gasteiger partial charge in [-0.05, 0) is 17.2 Å². The van der Waals surface area contributed by atoms with Crippen LogP contribution in [0, 0.1) is 0 Å². The number of rotatable bonds is 6. The highest BCUT2D eigenvalue weighted by Gasteiger charge is 2.31. The number of nitrogens with zero attached hydrogens (tertiary/aromatic N) is 1. The molecule has 0 aliphatic rings. The van der Waals surface area contributed by atoms with Gasteiger partial charge in [0, 0.05) is 23.2 Å². The third-order valence-corrected chi connectivity index (χ3v) is 5.31. The lowest BCUT2D eigenvalue weighted by Gasteiger charge is -2.16. The molecule has 1 unspecified atom stereocenters. The molecular weight excluding hydrogens is 419 g/mol. The van der Waals surface area contributed by atoms with Crippen molar-refractivity contribution in [3.05, 3.63) is 155 Å². The van der Waals surface area contributed by atoms with Crippen LogP contribution in [0.1, 0.15) is 33.7 Å². The summed E-state index contributed by atoms with van der Waals surface area (Å²) in [7, 11) is 0. The summed E-state index contributed by atoms with van der Waals surface area (Å²) in [6, 6.07) is 34.6. The van der Waals surface area contributed by atoms with Gasteiger partial charge in [-0.25, -0.2) is 0 Å². The zero-order valence-corrected chi connectivity index (χ0v) is 17.8. The van der Waals surface area contributed by atoms with Crippen LogP contribution < -0.4 is 0 Å². The predicted molar refractivity (Wildman–Crippen MR) is 127 cm³/mol. The highest BCUT2D eigenvalue weighted by atomic mass is 19.4. The van der Waals surface area contributed by atoms with Crippen molar-refractivity contribution >= 4 is 5.71 Å². The van der Waals surface area contributed by atoms with Crippen LogP contribution in [0.2, 0.25) is 0 Å². The molecular formula is C29H22F3N. The first-order valence-corrected chi connectivity index (χ1v) is 10.6. The second kappa shape index (κ2) is 10.1. The third-order valence-electron chi connectivity index (χ3n) is 5.31. The van der Waals surface area contributed by atoms with Crippen molar-refractivity contribution in [2.24, 2.45) is 4.99 Å². The molecule has 4 aromatic carbocycles. The average molecular weight is 441 g/mol. The molecule has 1 nitrogen and oxygen atoms in total. The molecule has 1 atom stereocenters. The fraction of sp³-hybridized carbons (Fsp3) is 0.0690. The number of hydrogen-bond donors (Lipinski definition) is 0. The van der Waals surface area contributed by atoms with Gasteiger partial charge in [0.2, 0.25) is 0 Å². The number of allylic oxidation sites excluding steroid dienone is 1. The molecule has 4 rings (SSSR count). The Morgan fingerprint density at radius 2 is 1.15 bits per heavy atom. The van der Waals surface area contributed by atoms with E-state index in [0.717, 1.165) is 28.5 Å². The summed E-state index contributed by atoms with van der Waals surface area (Å²) in [5.41, 5.74) is 3.51. The minimum absolute atomic E-state index is 0.370. The molecule has 0 aromatic heterocycles. The highest BCUT2D eigenvalue weighted by Crippen LogP contribution is 2.33. The van der Waals surface area contributed by atoms with E-state index in [0.29, 0.717) is 5.56 Å². The first-order chi connectivity index (χ1) is 16.0. The topological polar surface area (TPSA) is 12.4 Å². The SMILES string of the molecule is FC(F)(F)c1cccc(C(/C=C/N=C(c2ccccc2)c2ccccc2)c2ccccc2)c1. The van der Waals surface area contributed by atoms with Gasteiger partial charge in [0.25, 0.3) is 0 Å². The Balaban J connectivity index is 1.76. The first kappa shape index (κ1) is 22.3. The van der Waals surface area contributed by atoms with Crippen LogP contribution in [0.4, 0.5) is 13.2 Å². The summed E-state index contributed by atoms with van der Waals surface area (Å²) in [4.78, 5) is 4.74. The molecule has 0 radical (unpaired) electrons. The van der Waals surface area contributed by atoms with Gasteiger partial charge in [-0.1, -0.05) is 115 Å². The Hall–Kier alpha value is -3.92. The van der Waals surface area contributed by atoms with E-state index < -0.39 is 11.7 Å². The number of aliphatic imine (C=N–C) groups is 1. The fourth-order valence-electron chi connectivity index (χ4n) is 3.69. The zero-order chi connectivity index (χ0) is 23.1. The Morgan fingerprint density at radius 1 is 0.636 bits per heavy atom. The second-order valence-electron chi connectivity index (χ2n) is 7.56. The lowest BCUT2D eigenvalue weighted by Crippen LogP contribution is -2.07. The molecule has 4 aromatic rings. The minimum atomic E-state index is -4.40. The normalized spacial score (nSPS) is 12.5. The number of hydrogen-bond acceptors (Lipinski definition) is 1. The lowest BCUT2D eigenvalue weighted by atomic mass is 9.90. The van der Waals surface area contributed by atoms with Gasteiger partial charge >= 0.3 is 6.18 Å². The van der Waals surface area contributed by atoms with Crippen LogP contribution >= 0.6 is 0 Å². The Morgan fingerprint density at radius 3 is 1.70 bits per heavy atom. The molecule has 0 aliphatic heterocycles. The molecule has 0 saturated heterocycles. The largest absolute Gasteiger partial charge is 0.416 e. The van der Waals surface area contributed by atoms with Crippen molar-refractivity contribution in [3.63, 3.8) is 0 Å². The Kier molecular flexibility index (Phi) is 6.84. The van der Waals surface area contributed by atoms with Gasteiger partial charge < -0.3 is 0 Å². The molecule has 164 valence electrons.